The summed E-state index contributed by atoms with van der Waals surface area (Å²) in [5, 5.41) is 1.82. The van der Waals surface area contributed by atoms with Crippen molar-refractivity contribution in [1.82, 2.24) is 9.97 Å². The first-order valence-electron chi connectivity index (χ1n) is 6.66. The minimum absolute atomic E-state index is 0.00214. The first-order chi connectivity index (χ1) is 9.70. The molecule has 0 unspecified atom stereocenters. The lowest BCUT2D eigenvalue weighted by Gasteiger charge is -1.92. The van der Waals surface area contributed by atoms with Crippen molar-refractivity contribution in [2.24, 2.45) is 0 Å². The van der Waals surface area contributed by atoms with E-state index in [1.165, 1.54) is 0 Å². The third-order valence-corrected chi connectivity index (χ3v) is 2.93. The van der Waals surface area contributed by atoms with Crippen molar-refractivity contribution in [3.05, 3.63) is 64.6 Å². The van der Waals surface area contributed by atoms with Crippen LogP contribution in [0.4, 0.5) is 0 Å². The fourth-order valence-corrected chi connectivity index (χ4v) is 1.95. The molecule has 0 radical (unpaired) electrons. The van der Waals surface area contributed by atoms with Gasteiger partial charge in [-0.25, -0.2) is 4.98 Å². The molecule has 3 nitrogen and oxygen atoms in total. The van der Waals surface area contributed by atoms with Crippen molar-refractivity contribution in [1.29, 1.82) is 0 Å². The summed E-state index contributed by atoms with van der Waals surface area (Å²) in [4.78, 5) is 19.5. The minimum Gasteiger partial charge on any atom is -0.342 e. The number of imidazole rings is 1. The molecule has 2 rings (SSSR count). The van der Waals surface area contributed by atoms with Gasteiger partial charge in [-0.15, -0.1) is 0 Å². The van der Waals surface area contributed by atoms with Gasteiger partial charge in [0, 0.05) is 5.57 Å². The SMILES string of the molecule is C/C=c1/nc(C)[nH]/c1=C/C=C/C(=O)C1=CC=CCC=C1. The van der Waals surface area contributed by atoms with E-state index in [0.717, 1.165) is 22.9 Å². The number of carbonyl (C=O) groups is 1. The van der Waals surface area contributed by atoms with Crippen LogP contribution in [0.25, 0.3) is 12.2 Å². The third kappa shape index (κ3) is 3.54. The zero-order valence-corrected chi connectivity index (χ0v) is 11.8. The van der Waals surface area contributed by atoms with Crippen LogP contribution >= 0.6 is 0 Å². The fourth-order valence-electron chi connectivity index (χ4n) is 1.95. The number of rotatable bonds is 3. The molecule has 1 aromatic heterocycles. The lowest BCUT2D eigenvalue weighted by Crippen LogP contribution is -2.23. The highest BCUT2D eigenvalue weighted by Crippen LogP contribution is 2.06. The topological polar surface area (TPSA) is 45.8 Å². The Hall–Kier alpha value is -2.42. The summed E-state index contributed by atoms with van der Waals surface area (Å²) in [7, 11) is 0. The number of carbonyl (C=O) groups excluding carboxylic acids is 1. The van der Waals surface area contributed by atoms with Gasteiger partial charge in [0.1, 0.15) is 5.82 Å². The number of aryl methyl sites for hydroxylation is 1. The zero-order valence-electron chi connectivity index (χ0n) is 11.8. The molecular formula is C17H18N2O. The number of allylic oxidation sites excluding steroid dienone is 8. The number of aromatic amines is 1. The molecule has 1 heterocycles. The monoisotopic (exact) mass is 266 g/mol. The van der Waals surface area contributed by atoms with Crippen LogP contribution in [0.5, 0.6) is 0 Å². The Labute approximate surface area is 118 Å². The van der Waals surface area contributed by atoms with E-state index in [2.05, 4.69) is 9.97 Å². The average molecular weight is 266 g/mol. The summed E-state index contributed by atoms with van der Waals surface area (Å²) in [6.45, 7) is 3.85. The predicted molar refractivity (Wildman–Crippen MR) is 82.3 cm³/mol. The van der Waals surface area contributed by atoms with Crippen LogP contribution in [0.2, 0.25) is 0 Å². The van der Waals surface area contributed by atoms with Gasteiger partial charge >= 0.3 is 0 Å². The van der Waals surface area contributed by atoms with Crippen LogP contribution in [-0.4, -0.2) is 15.8 Å². The Morgan fingerprint density at radius 2 is 2.25 bits per heavy atom. The van der Waals surface area contributed by atoms with Gasteiger partial charge < -0.3 is 4.98 Å². The number of aromatic nitrogens is 2. The van der Waals surface area contributed by atoms with Crippen molar-refractivity contribution in [2.45, 2.75) is 20.3 Å². The van der Waals surface area contributed by atoms with Gasteiger partial charge in [-0.1, -0.05) is 42.5 Å². The Kier molecular flexibility index (Phi) is 4.66. The molecule has 0 aromatic carbocycles. The minimum atomic E-state index is 0.00214. The van der Waals surface area contributed by atoms with Gasteiger partial charge in [0.25, 0.3) is 0 Å². The Morgan fingerprint density at radius 3 is 3.05 bits per heavy atom. The second kappa shape index (κ2) is 6.66. The maximum absolute atomic E-state index is 12.0. The van der Waals surface area contributed by atoms with Crippen molar-refractivity contribution < 1.29 is 4.79 Å². The highest BCUT2D eigenvalue weighted by Gasteiger charge is 2.01. The number of hydrogen-bond acceptors (Lipinski definition) is 2. The first kappa shape index (κ1) is 14.0. The molecule has 3 heteroatoms. The highest BCUT2D eigenvalue weighted by atomic mass is 16.1. The van der Waals surface area contributed by atoms with Gasteiger partial charge in [0.2, 0.25) is 0 Å². The lowest BCUT2D eigenvalue weighted by molar-refractivity contribution is -0.111. The van der Waals surface area contributed by atoms with Gasteiger partial charge in [-0.2, -0.15) is 0 Å². The number of nitrogens with zero attached hydrogens (tertiary/aromatic N) is 1. The molecule has 1 aromatic rings. The van der Waals surface area contributed by atoms with Crippen molar-refractivity contribution in [2.75, 3.05) is 0 Å². The fraction of sp³-hybridized carbons (Fsp3) is 0.176. The van der Waals surface area contributed by atoms with E-state index in [1.807, 2.05) is 56.4 Å². The molecule has 0 fully saturated rings. The smallest absolute Gasteiger partial charge is 0.185 e. The number of ketones is 1. The van der Waals surface area contributed by atoms with E-state index >= 15 is 0 Å². The first-order valence-corrected chi connectivity index (χ1v) is 6.66. The molecule has 20 heavy (non-hydrogen) atoms. The Bertz CT molecular complexity index is 728. The average Bonchev–Trinajstić information content (AvgIpc) is 2.66. The largest absolute Gasteiger partial charge is 0.342 e. The summed E-state index contributed by atoms with van der Waals surface area (Å²) >= 11 is 0. The molecule has 102 valence electrons. The van der Waals surface area contributed by atoms with Gasteiger partial charge in [-0.3, -0.25) is 4.79 Å². The van der Waals surface area contributed by atoms with Crippen LogP contribution in [-0.2, 0) is 4.79 Å². The quantitative estimate of drug-likeness (QED) is 0.849. The van der Waals surface area contributed by atoms with Crippen LogP contribution < -0.4 is 10.7 Å². The summed E-state index contributed by atoms with van der Waals surface area (Å²) < 4.78 is 0. The number of hydrogen-bond donors (Lipinski definition) is 1. The van der Waals surface area contributed by atoms with E-state index in [0.29, 0.717) is 5.57 Å². The van der Waals surface area contributed by atoms with E-state index in [-0.39, 0.29) is 5.78 Å². The maximum atomic E-state index is 12.0. The van der Waals surface area contributed by atoms with Crippen molar-refractivity contribution in [3.8, 4) is 0 Å². The third-order valence-electron chi connectivity index (χ3n) is 2.93. The Balaban J connectivity index is 2.20. The van der Waals surface area contributed by atoms with Gasteiger partial charge in [-0.05, 0) is 32.4 Å². The summed E-state index contributed by atoms with van der Waals surface area (Å²) in [5.74, 6) is 0.867. The standard InChI is InChI=1S/C17H18N2O/c1-3-15-16(19-13(2)18-15)11-8-12-17(20)14-9-6-4-5-7-10-14/h3-4,6-12H,5H2,1-2H3,(H,18,19)/b12-8+,15-3+,16-11+. The molecule has 0 saturated carbocycles. The Morgan fingerprint density at radius 1 is 1.40 bits per heavy atom. The normalized spacial score (nSPS) is 16.8. The second-order valence-corrected chi connectivity index (χ2v) is 4.49. The van der Waals surface area contributed by atoms with Crippen molar-refractivity contribution in [3.63, 3.8) is 0 Å². The summed E-state index contributed by atoms with van der Waals surface area (Å²) in [5.41, 5.74) is 0.700. The second-order valence-electron chi connectivity index (χ2n) is 4.49. The number of nitrogens with one attached hydrogen (secondary N) is 1. The molecular weight excluding hydrogens is 248 g/mol. The molecule has 0 bridgehead atoms. The molecule has 1 aliphatic carbocycles. The summed E-state index contributed by atoms with van der Waals surface area (Å²) in [6.07, 6.45) is 17.6. The van der Waals surface area contributed by atoms with E-state index < -0.39 is 0 Å². The van der Waals surface area contributed by atoms with Crippen molar-refractivity contribution >= 4 is 17.9 Å². The van der Waals surface area contributed by atoms with Crippen LogP contribution in [0.3, 0.4) is 0 Å². The van der Waals surface area contributed by atoms with E-state index in [4.69, 9.17) is 0 Å². The number of H-pyrrole nitrogens is 1. The maximum Gasteiger partial charge on any atom is 0.185 e. The molecule has 0 saturated heterocycles. The van der Waals surface area contributed by atoms with Crippen LogP contribution in [0.1, 0.15) is 19.2 Å². The van der Waals surface area contributed by atoms with Gasteiger partial charge in [0.05, 0.1) is 10.7 Å². The van der Waals surface area contributed by atoms with Gasteiger partial charge in [0.15, 0.2) is 5.78 Å². The summed E-state index contributed by atoms with van der Waals surface area (Å²) in [6, 6.07) is 0. The van der Waals surface area contributed by atoms with Crippen LogP contribution in [0.15, 0.2) is 48.1 Å². The predicted octanol–water partition coefficient (Wildman–Crippen LogP) is 1.87. The highest BCUT2D eigenvalue weighted by molar-refractivity contribution is 6.06. The lowest BCUT2D eigenvalue weighted by atomic mass is 10.1. The zero-order chi connectivity index (χ0) is 14.4. The van der Waals surface area contributed by atoms with E-state index in [1.54, 1.807) is 12.2 Å². The molecule has 0 amide bonds. The molecule has 0 atom stereocenters. The molecule has 0 spiro atoms. The molecule has 1 aliphatic rings. The van der Waals surface area contributed by atoms with E-state index in [9.17, 15) is 4.79 Å². The van der Waals surface area contributed by atoms with Crippen LogP contribution in [0, 0.1) is 6.92 Å². The molecule has 0 aliphatic heterocycles. The molecule has 1 N–H and O–H groups in total.